The molecule has 11 heteroatoms. The van der Waals surface area contributed by atoms with Gasteiger partial charge in [0.2, 0.25) is 5.91 Å². The number of likely N-dealkylation sites (tertiary alicyclic amines) is 1. The minimum Gasteiger partial charge on any atom is -0.332 e. The van der Waals surface area contributed by atoms with Crippen molar-refractivity contribution in [3.05, 3.63) is 59.3 Å². The molecule has 4 N–H and O–H groups in total. The van der Waals surface area contributed by atoms with Gasteiger partial charge in [0.25, 0.3) is 0 Å². The van der Waals surface area contributed by atoms with E-state index in [2.05, 4.69) is 26.1 Å². The number of anilines is 1. The number of carbonyl (C=O) groups excluding carboxylic acids is 3. The standard InChI is InChI=1S/C29H34N8O3/c38-27-26(13-18-5-6-25-22(15-31-34-25)23(18)17-36(27)21-7-10-30-14-21)33-28(39)35-11-8-20(9-12-35)37-16-19-3-1-2-4-24(19)32-29(37)40/h1-6,15,20-21,26,30H,7-14,16-17H2,(H,31,34)(H,32,40)(H,33,39). The van der Waals surface area contributed by atoms with Gasteiger partial charge in [0, 0.05) is 62.3 Å². The zero-order valence-electron chi connectivity index (χ0n) is 22.4. The first-order chi connectivity index (χ1) is 19.5. The molecule has 2 fully saturated rings. The summed E-state index contributed by atoms with van der Waals surface area (Å²) in [4.78, 5) is 45.7. The predicted octanol–water partition coefficient (Wildman–Crippen LogP) is 2.40. The number of rotatable bonds is 3. The molecule has 0 saturated carbocycles. The molecule has 40 heavy (non-hydrogen) atoms. The van der Waals surface area contributed by atoms with Crippen molar-refractivity contribution in [1.82, 2.24) is 35.5 Å². The van der Waals surface area contributed by atoms with Crippen LogP contribution in [0.2, 0.25) is 0 Å². The molecule has 0 spiro atoms. The zero-order valence-corrected chi connectivity index (χ0v) is 22.4. The van der Waals surface area contributed by atoms with Crippen molar-refractivity contribution in [2.45, 2.75) is 56.9 Å². The van der Waals surface area contributed by atoms with Crippen LogP contribution in [0.25, 0.3) is 10.9 Å². The quantitative estimate of drug-likeness (QED) is 0.405. The van der Waals surface area contributed by atoms with E-state index in [9.17, 15) is 14.4 Å². The second-order valence-electron chi connectivity index (χ2n) is 11.3. The van der Waals surface area contributed by atoms with Gasteiger partial charge in [0.15, 0.2) is 0 Å². The highest BCUT2D eigenvalue weighted by molar-refractivity contribution is 5.93. The summed E-state index contributed by atoms with van der Waals surface area (Å²) in [5, 5.41) is 17.7. The SMILES string of the molecule is O=C(NC1Cc2ccc3[nH]ncc3c2CN(C2CCNC2)C1=O)N1CCC(N2Cc3ccccc3NC2=O)CC1. The summed E-state index contributed by atoms with van der Waals surface area (Å²) in [5.74, 6) is -0.0339. The molecule has 1 aromatic heterocycles. The number of carbonyl (C=O) groups is 3. The van der Waals surface area contributed by atoms with Gasteiger partial charge in [-0.3, -0.25) is 9.89 Å². The maximum Gasteiger partial charge on any atom is 0.322 e. The number of hydrogen-bond donors (Lipinski definition) is 4. The first kappa shape index (κ1) is 24.9. The Morgan fingerprint density at radius 3 is 2.62 bits per heavy atom. The Labute approximate surface area is 232 Å². The lowest BCUT2D eigenvalue weighted by Crippen LogP contribution is -2.56. The number of para-hydroxylation sites is 1. The molecule has 2 aromatic carbocycles. The normalized spacial score (nSPS) is 23.6. The van der Waals surface area contributed by atoms with E-state index in [4.69, 9.17) is 0 Å². The number of hydrogen-bond acceptors (Lipinski definition) is 5. The average Bonchev–Trinajstić information content (AvgIpc) is 3.66. The van der Waals surface area contributed by atoms with Crippen LogP contribution in [-0.2, 0) is 24.3 Å². The highest BCUT2D eigenvalue weighted by Crippen LogP contribution is 2.30. The van der Waals surface area contributed by atoms with Crippen LogP contribution in [0, 0.1) is 0 Å². The molecule has 3 aromatic rings. The molecule has 0 aliphatic carbocycles. The highest BCUT2D eigenvalue weighted by atomic mass is 16.2. The van der Waals surface area contributed by atoms with E-state index < -0.39 is 6.04 Å². The molecule has 4 aliphatic heterocycles. The van der Waals surface area contributed by atoms with E-state index in [-0.39, 0.29) is 30.1 Å². The predicted molar refractivity (Wildman–Crippen MR) is 150 cm³/mol. The minimum absolute atomic E-state index is 0.0339. The lowest BCUT2D eigenvalue weighted by molar-refractivity contribution is -0.135. The van der Waals surface area contributed by atoms with E-state index >= 15 is 0 Å². The Morgan fingerprint density at radius 2 is 1.80 bits per heavy atom. The molecular formula is C29H34N8O3. The molecular weight excluding hydrogens is 508 g/mol. The Balaban J connectivity index is 1.05. The van der Waals surface area contributed by atoms with E-state index in [1.165, 1.54) is 0 Å². The monoisotopic (exact) mass is 542 g/mol. The maximum absolute atomic E-state index is 13.9. The van der Waals surface area contributed by atoms with Crippen molar-refractivity contribution in [2.75, 3.05) is 31.5 Å². The van der Waals surface area contributed by atoms with Crippen molar-refractivity contribution in [3.8, 4) is 0 Å². The van der Waals surface area contributed by atoms with Crippen LogP contribution in [0.5, 0.6) is 0 Å². The summed E-state index contributed by atoms with van der Waals surface area (Å²) in [5.41, 5.74) is 5.09. The van der Waals surface area contributed by atoms with Crippen LogP contribution in [0.4, 0.5) is 15.3 Å². The van der Waals surface area contributed by atoms with Gasteiger partial charge in [0.05, 0.1) is 11.7 Å². The fraction of sp³-hybridized carbons (Fsp3) is 0.448. The van der Waals surface area contributed by atoms with Crippen molar-refractivity contribution in [1.29, 1.82) is 0 Å². The summed E-state index contributed by atoms with van der Waals surface area (Å²) in [7, 11) is 0. The summed E-state index contributed by atoms with van der Waals surface area (Å²) in [6.07, 6.45) is 4.56. The highest BCUT2D eigenvalue weighted by Gasteiger charge is 2.38. The van der Waals surface area contributed by atoms with Gasteiger partial charge in [-0.2, -0.15) is 5.10 Å². The smallest absolute Gasteiger partial charge is 0.322 e. The number of urea groups is 2. The molecule has 2 unspecified atom stereocenters. The van der Waals surface area contributed by atoms with E-state index in [0.29, 0.717) is 45.4 Å². The van der Waals surface area contributed by atoms with Crippen molar-refractivity contribution < 1.29 is 14.4 Å². The van der Waals surface area contributed by atoms with Crippen LogP contribution in [0.15, 0.2) is 42.6 Å². The number of aromatic amines is 1. The molecule has 0 bridgehead atoms. The van der Waals surface area contributed by atoms with Crippen molar-refractivity contribution in [2.24, 2.45) is 0 Å². The molecule has 4 aliphatic rings. The van der Waals surface area contributed by atoms with Crippen LogP contribution >= 0.6 is 0 Å². The van der Waals surface area contributed by atoms with Crippen molar-refractivity contribution in [3.63, 3.8) is 0 Å². The fourth-order valence-electron chi connectivity index (χ4n) is 6.72. The zero-order chi connectivity index (χ0) is 27.2. The van der Waals surface area contributed by atoms with Gasteiger partial charge in [-0.15, -0.1) is 0 Å². The Morgan fingerprint density at radius 1 is 0.950 bits per heavy atom. The van der Waals surface area contributed by atoms with Crippen molar-refractivity contribution >= 4 is 34.6 Å². The number of aromatic nitrogens is 2. The molecule has 2 atom stereocenters. The van der Waals surface area contributed by atoms with E-state index in [0.717, 1.165) is 52.8 Å². The lowest BCUT2D eigenvalue weighted by Gasteiger charge is -2.40. The maximum atomic E-state index is 13.9. The van der Waals surface area contributed by atoms with E-state index in [1.807, 2.05) is 52.4 Å². The topological polar surface area (TPSA) is 126 Å². The summed E-state index contributed by atoms with van der Waals surface area (Å²) in [6, 6.07) is 11.1. The molecule has 208 valence electrons. The van der Waals surface area contributed by atoms with Crippen LogP contribution in [-0.4, -0.2) is 87.2 Å². The fourth-order valence-corrected chi connectivity index (χ4v) is 6.72. The second-order valence-corrected chi connectivity index (χ2v) is 11.3. The number of H-pyrrole nitrogens is 1. The molecule has 7 rings (SSSR count). The average molecular weight is 543 g/mol. The van der Waals surface area contributed by atoms with Gasteiger partial charge in [-0.25, -0.2) is 9.59 Å². The first-order valence-corrected chi connectivity index (χ1v) is 14.2. The van der Waals surface area contributed by atoms with Gasteiger partial charge < -0.3 is 30.7 Å². The third-order valence-electron chi connectivity index (χ3n) is 8.99. The van der Waals surface area contributed by atoms with Gasteiger partial charge >= 0.3 is 12.1 Å². The minimum atomic E-state index is -0.638. The van der Waals surface area contributed by atoms with Gasteiger partial charge in [-0.05, 0) is 54.6 Å². The molecule has 5 amide bonds. The van der Waals surface area contributed by atoms with Gasteiger partial charge in [0.1, 0.15) is 6.04 Å². The Bertz CT molecular complexity index is 1460. The molecule has 2 saturated heterocycles. The third kappa shape index (κ3) is 4.43. The van der Waals surface area contributed by atoms with Crippen LogP contribution in [0.1, 0.15) is 36.0 Å². The Kier molecular flexibility index (Phi) is 6.30. The molecule has 11 nitrogen and oxygen atoms in total. The number of benzene rings is 2. The van der Waals surface area contributed by atoms with Crippen LogP contribution in [0.3, 0.4) is 0 Å². The van der Waals surface area contributed by atoms with E-state index in [1.54, 1.807) is 4.90 Å². The number of amides is 5. The second kappa shape index (κ2) is 10.1. The summed E-state index contributed by atoms with van der Waals surface area (Å²) in [6.45, 7) is 3.78. The number of nitrogens with zero attached hydrogens (tertiary/aromatic N) is 4. The lowest BCUT2D eigenvalue weighted by atomic mass is 9.98. The molecule has 5 heterocycles. The van der Waals surface area contributed by atoms with Gasteiger partial charge in [-0.1, -0.05) is 24.3 Å². The third-order valence-corrected chi connectivity index (χ3v) is 8.99. The molecule has 0 radical (unpaired) electrons. The summed E-state index contributed by atoms with van der Waals surface area (Å²) >= 11 is 0. The summed E-state index contributed by atoms with van der Waals surface area (Å²) < 4.78 is 0. The number of piperidine rings is 1. The number of nitrogens with one attached hydrogen (secondary N) is 4. The largest absolute Gasteiger partial charge is 0.332 e. The Hall–Kier alpha value is -4.12. The van der Waals surface area contributed by atoms with Crippen LogP contribution < -0.4 is 16.0 Å². The number of fused-ring (bicyclic) bond motifs is 4. The first-order valence-electron chi connectivity index (χ1n) is 14.2.